The van der Waals surface area contributed by atoms with E-state index in [4.69, 9.17) is 5.11 Å². The Morgan fingerprint density at radius 1 is 1.36 bits per heavy atom. The number of carboxylic acids is 1. The number of carbonyl (C=O) groups is 2. The van der Waals surface area contributed by atoms with Gasteiger partial charge in [0.2, 0.25) is 5.91 Å². The van der Waals surface area contributed by atoms with Gasteiger partial charge in [0.1, 0.15) is 0 Å². The first-order chi connectivity index (χ1) is 5.08. The van der Waals surface area contributed by atoms with Crippen molar-refractivity contribution in [2.45, 2.75) is 0 Å². The SMILES string of the molecule is C=CC(=O)NC.C=CC(=O)O. The molecule has 1 amide bonds. The summed E-state index contributed by atoms with van der Waals surface area (Å²) < 4.78 is 0. The molecule has 0 fully saturated rings. The fraction of sp³-hybridized carbons (Fsp3) is 0.143. The van der Waals surface area contributed by atoms with Gasteiger partial charge in [-0.2, -0.15) is 0 Å². The summed E-state index contributed by atoms with van der Waals surface area (Å²) in [6.45, 7) is 6.18. The number of carbonyl (C=O) groups excluding carboxylic acids is 1. The van der Waals surface area contributed by atoms with Crippen molar-refractivity contribution in [1.82, 2.24) is 5.32 Å². The van der Waals surface area contributed by atoms with Gasteiger partial charge in [-0.05, 0) is 6.08 Å². The zero-order chi connectivity index (χ0) is 9.28. The second kappa shape index (κ2) is 8.42. The molecule has 0 heterocycles. The normalized spacial score (nSPS) is 6.64. The van der Waals surface area contributed by atoms with Gasteiger partial charge in [-0.3, -0.25) is 4.79 Å². The summed E-state index contributed by atoms with van der Waals surface area (Å²) in [6.07, 6.45) is 2.06. The number of hydrogen-bond acceptors (Lipinski definition) is 2. The van der Waals surface area contributed by atoms with Crippen molar-refractivity contribution >= 4 is 11.9 Å². The van der Waals surface area contributed by atoms with Crippen LogP contribution in [0.1, 0.15) is 0 Å². The third-order valence-electron chi connectivity index (χ3n) is 0.606. The predicted octanol–water partition coefficient (Wildman–Crippen LogP) is 0.175. The standard InChI is InChI=1S/C4H7NO.C3H4O2/c1-3-4(6)5-2;1-2-3(4)5/h3H,1H2,2H3,(H,5,6);2H,1H2,(H,4,5). The van der Waals surface area contributed by atoms with Crippen LogP contribution in [0.5, 0.6) is 0 Å². The summed E-state index contributed by atoms with van der Waals surface area (Å²) >= 11 is 0. The molecule has 0 aliphatic rings. The van der Waals surface area contributed by atoms with Crippen LogP contribution in [-0.4, -0.2) is 24.0 Å². The van der Waals surface area contributed by atoms with E-state index in [1.807, 2.05) is 0 Å². The minimum Gasteiger partial charge on any atom is -0.478 e. The van der Waals surface area contributed by atoms with Gasteiger partial charge < -0.3 is 10.4 Å². The van der Waals surface area contributed by atoms with Crippen LogP contribution in [0.25, 0.3) is 0 Å². The van der Waals surface area contributed by atoms with Gasteiger partial charge in [-0.25, -0.2) is 4.79 Å². The number of aliphatic carboxylic acids is 1. The van der Waals surface area contributed by atoms with Crippen LogP contribution in [0.2, 0.25) is 0 Å². The van der Waals surface area contributed by atoms with E-state index in [-0.39, 0.29) is 5.91 Å². The van der Waals surface area contributed by atoms with Crippen LogP contribution in [0.3, 0.4) is 0 Å². The molecule has 2 N–H and O–H groups in total. The van der Waals surface area contributed by atoms with E-state index in [1.54, 1.807) is 7.05 Å². The summed E-state index contributed by atoms with van der Waals surface area (Å²) in [5.74, 6) is -1.12. The van der Waals surface area contributed by atoms with Gasteiger partial charge in [0.05, 0.1) is 0 Å². The fourth-order valence-corrected chi connectivity index (χ4v) is 0.102. The maximum atomic E-state index is 9.95. The van der Waals surface area contributed by atoms with E-state index in [9.17, 15) is 9.59 Å². The molecule has 0 rings (SSSR count). The first-order valence-electron chi connectivity index (χ1n) is 2.78. The molecular formula is C7H11NO3. The lowest BCUT2D eigenvalue weighted by Gasteiger charge is -1.82. The molecule has 4 heteroatoms. The van der Waals surface area contributed by atoms with Crippen LogP contribution in [0, 0.1) is 0 Å². The largest absolute Gasteiger partial charge is 0.478 e. The lowest BCUT2D eigenvalue weighted by molar-refractivity contribution is -0.131. The number of likely N-dealkylation sites (N-methyl/N-ethyl adjacent to an activating group) is 1. The van der Waals surface area contributed by atoms with Crippen molar-refractivity contribution in [2.24, 2.45) is 0 Å². The molecule has 11 heavy (non-hydrogen) atoms. The Balaban J connectivity index is 0. The van der Waals surface area contributed by atoms with Gasteiger partial charge in [0, 0.05) is 13.1 Å². The smallest absolute Gasteiger partial charge is 0.327 e. The van der Waals surface area contributed by atoms with E-state index < -0.39 is 5.97 Å². The highest BCUT2D eigenvalue weighted by Gasteiger charge is 1.78. The summed E-state index contributed by atoms with van der Waals surface area (Å²) in [5, 5.41) is 9.96. The summed E-state index contributed by atoms with van der Waals surface area (Å²) in [4.78, 5) is 19.2. The van der Waals surface area contributed by atoms with Crippen LogP contribution < -0.4 is 5.32 Å². The third-order valence-corrected chi connectivity index (χ3v) is 0.606. The molecule has 0 aromatic heterocycles. The van der Waals surface area contributed by atoms with Crippen molar-refractivity contribution < 1.29 is 14.7 Å². The molecule has 0 bridgehead atoms. The molecule has 62 valence electrons. The second-order valence-electron chi connectivity index (χ2n) is 1.36. The van der Waals surface area contributed by atoms with Gasteiger partial charge in [0.25, 0.3) is 0 Å². The Morgan fingerprint density at radius 3 is 1.73 bits per heavy atom. The molecule has 0 aromatic rings. The Morgan fingerprint density at radius 2 is 1.73 bits per heavy atom. The first kappa shape index (κ1) is 12.1. The van der Waals surface area contributed by atoms with Crippen molar-refractivity contribution in [3.05, 3.63) is 25.3 Å². The summed E-state index contributed by atoms with van der Waals surface area (Å²) in [7, 11) is 1.56. The van der Waals surface area contributed by atoms with Crippen LogP contribution >= 0.6 is 0 Å². The van der Waals surface area contributed by atoms with Crippen molar-refractivity contribution in [3.63, 3.8) is 0 Å². The first-order valence-corrected chi connectivity index (χ1v) is 2.78. The lowest BCUT2D eigenvalue weighted by atomic mass is 10.6. The number of rotatable bonds is 2. The van der Waals surface area contributed by atoms with Crippen molar-refractivity contribution in [2.75, 3.05) is 7.05 Å². The quantitative estimate of drug-likeness (QED) is 0.562. The molecule has 0 aromatic carbocycles. The highest BCUT2D eigenvalue weighted by Crippen LogP contribution is 1.56. The Hall–Kier alpha value is -1.58. The molecule has 0 aliphatic carbocycles. The third kappa shape index (κ3) is 17.8. The molecule has 0 spiro atoms. The number of nitrogens with one attached hydrogen (secondary N) is 1. The maximum absolute atomic E-state index is 9.95. The molecule has 4 nitrogen and oxygen atoms in total. The molecular weight excluding hydrogens is 146 g/mol. The van der Waals surface area contributed by atoms with Crippen LogP contribution in [-0.2, 0) is 9.59 Å². The van der Waals surface area contributed by atoms with Crippen LogP contribution in [0.4, 0.5) is 0 Å². The maximum Gasteiger partial charge on any atom is 0.327 e. The van der Waals surface area contributed by atoms with E-state index >= 15 is 0 Å². The lowest BCUT2D eigenvalue weighted by Crippen LogP contribution is -2.13. The Bertz CT molecular complexity index is 163. The molecule has 0 unspecified atom stereocenters. The molecule has 0 saturated heterocycles. The highest BCUT2D eigenvalue weighted by atomic mass is 16.4. The second-order valence-corrected chi connectivity index (χ2v) is 1.36. The fourth-order valence-electron chi connectivity index (χ4n) is 0.102. The van der Waals surface area contributed by atoms with Gasteiger partial charge in [0.15, 0.2) is 0 Å². The van der Waals surface area contributed by atoms with Gasteiger partial charge >= 0.3 is 5.97 Å². The van der Waals surface area contributed by atoms with Crippen molar-refractivity contribution in [3.8, 4) is 0 Å². The number of amides is 1. The minimum atomic E-state index is -0.981. The molecule has 0 saturated carbocycles. The Labute approximate surface area is 65.2 Å². The summed E-state index contributed by atoms with van der Waals surface area (Å²) in [5.41, 5.74) is 0. The van der Waals surface area contributed by atoms with E-state index in [0.717, 1.165) is 6.08 Å². The van der Waals surface area contributed by atoms with Gasteiger partial charge in [-0.1, -0.05) is 13.2 Å². The van der Waals surface area contributed by atoms with E-state index in [1.165, 1.54) is 6.08 Å². The number of hydrogen-bond donors (Lipinski definition) is 2. The average molecular weight is 157 g/mol. The average Bonchev–Trinajstić information content (AvgIpc) is 2.04. The van der Waals surface area contributed by atoms with Crippen LogP contribution in [0.15, 0.2) is 25.3 Å². The zero-order valence-corrected chi connectivity index (χ0v) is 6.33. The number of carboxylic acid groups (broad SMARTS) is 1. The Kier molecular flexibility index (Phi) is 9.29. The molecule has 0 aliphatic heterocycles. The zero-order valence-electron chi connectivity index (χ0n) is 6.33. The minimum absolute atomic E-state index is 0.144. The predicted molar refractivity (Wildman–Crippen MR) is 42.1 cm³/mol. The monoisotopic (exact) mass is 157 g/mol. The molecule has 0 radical (unpaired) electrons. The topological polar surface area (TPSA) is 66.4 Å². The van der Waals surface area contributed by atoms with E-state index in [2.05, 4.69) is 18.5 Å². The van der Waals surface area contributed by atoms with Crippen molar-refractivity contribution in [1.29, 1.82) is 0 Å². The van der Waals surface area contributed by atoms with Gasteiger partial charge in [-0.15, -0.1) is 0 Å². The molecule has 0 atom stereocenters. The highest BCUT2D eigenvalue weighted by molar-refractivity contribution is 5.86. The summed E-state index contributed by atoms with van der Waals surface area (Å²) in [6, 6.07) is 0. The van der Waals surface area contributed by atoms with E-state index in [0.29, 0.717) is 0 Å².